The number of nitrogens with one attached hydrogen (secondary N) is 2. The van der Waals surface area contributed by atoms with Gasteiger partial charge in [-0.25, -0.2) is 4.79 Å². The van der Waals surface area contributed by atoms with Crippen LogP contribution >= 0.6 is 0 Å². The van der Waals surface area contributed by atoms with Gasteiger partial charge in [-0.1, -0.05) is 6.07 Å². The minimum Gasteiger partial charge on any atom is -0.379 e. The largest absolute Gasteiger partial charge is 0.379 e. The Morgan fingerprint density at radius 1 is 1.29 bits per heavy atom. The first-order valence-corrected chi connectivity index (χ1v) is 7.31. The average molecular weight is 284 g/mol. The monoisotopic (exact) mass is 284 g/mol. The number of rotatable bonds is 5. The number of hydrogen-bond acceptors (Lipinski definition) is 2. The number of urea groups is 1. The summed E-state index contributed by atoms with van der Waals surface area (Å²) in [7, 11) is 0. The van der Waals surface area contributed by atoms with Crippen molar-refractivity contribution in [2.45, 2.75) is 20.0 Å². The Labute approximate surface area is 124 Å². The lowest BCUT2D eigenvalue weighted by atomic mass is 10.2. The van der Waals surface area contributed by atoms with E-state index in [1.54, 1.807) is 4.90 Å². The third kappa shape index (κ3) is 2.86. The third-order valence-corrected chi connectivity index (χ3v) is 3.75. The van der Waals surface area contributed by atoms with Crippen molar-refractivity contribution in [3.05, 3.63) is 48.3 Å². The maximum atomic E-state index is 11.7. The van der Waals surface area contributed by atoms with E-state index >= 15 is 0 Å². The lowest BCUT2D eigenvalue weighted by Crippen LogP contribution is -2.27. The van der Waals surface area contributed by atoms with Gasteiger partial charge in [-0.2, -0.15) is 0 Å². The number of aryl methyl sites for hydroxylation is 1. The SMILES string of the molecule is CCn1cccc1CNc1cccc(N2CCNC2=O)c1. The van der Waals surface area contributed by atoms with Gasteiger partial charge in [0.2, 0.25) is 0 Å². The first-order valence-electron chi connectivity index (χ1n) is 7.31. The summed E-state index contributed by atoms with van der Waals surface area (Å²) >= 11 is 0. The van der Waals surface area contributed by atoms with Gasteiger partial charge in [-0.3, -0.25) is 4.90 Å². The van der Waals surface area contributed by atoms with E-state index in [1.807, 2.05) is 24.3 Å². The second-order valence-electron chi connectivity index (χ2n) is 5.07. The molecule has 21 heavy (non-hydrogen) atoms. The summed E-state index contributed by atoms with van der Waals surface area (Å²) < 4.78 is 2.21. The van der Waals surface area contributed by atoms with Crippen molar-refractivity contribution in [2.75, 3.05) is 23.3 Å². The molecule has 0 bridgehead atoms. The van der Waals surface area contributed by atoms with E-state index in [9.17, 15) is 4.79 Å². The smallest absolute Gasteiger partial charge is 0.321 e. The molecule has 0 unspecified atom stereocenters. The average Bonchev–Trinajstić information content (AvgIpc) is 3.13. The van der Waals surface area contributed by atoms with Crippen LogP contribution in [0.2, 0.25) is 0 Å². The van der Waals surface area contributed by atoms with Gasteiger partial charge < -0.3 is 15.2 Å². The normalized spacial score (nSPS) is 14.3. The van der Waals surface area contributed by atoms with E-state index in [1.165, 1.54) is 5.69 Å². The molecule has 2 aromatic rings. The minimum atomic E-state index is -0.0213. The Hall–Kier alpha value is -2.43. The van der Waals surface area contributed by atoms with Crippen molar-refractivity contribution in [3.63, 3.8) is 0 Å². The third-order valence-electron chi connectivity index (χ3n) is 3.75. The zero-order chi connectivity index (χ0) is 14.7. The van der Waals surface area contributed by atoms with Crippen molar-refractivity contribution in [1.82, 2.24) is 9.88 Å². The Balaban J connectivity index is 1.70. The molecular formula is C16H20N4O. The van der Waals surface area contributed by atoms with Gasteiger partial charge in [-0.15, -0.1) is 0 Å². The molecule has 1 fully saturated rings. The highest BCUT2D eigenvalue weighted by atomic mass is 16.2. The van der Waals surface area contributed by atoms with Crippen LogP contribution in [0.1, 0.15) is 12.6 Å². The lowest BCUT2D eigenvalue weighted by Gasteiger charge is -2.16. The highest BCUT2D eigenvalue weighted by Gasteiger charge is 2.20. The summed E-state index contributed by atoms with van der Waals surface area (Å²) in [6.07, 6.45) is 2.09. The molecule has 5 nitrogen and oxygen atoms in total. The second-order valence-corrected chi connectivity index (χ2v) is 5.07. The van der Waals surface area contributed by atoms with Crippen molar-refractivity contribution in [1.29, 1.82) is 0 Å². The highest BCUT2D eigenvalue weighted by Crippen LogP contribution is 2.21. The van der Waals surface area contributed by atoms with Crippen molar-refractivity contribution >= 4 is 17.4 Å². The van der Waals surface area contributed by atoms with E-state index in [0.717, 1.165) is 31.0 Å². The standard InChI is InChI=1S/C16H20N4O/c1-2-19-9-4-7-15(19)12-18-13-5-3-6-14(11-13)20-10-8-17-16(20)21/h3-7,9,11,18H,2,8,10,12H2,1H3,(H,17,21). The maximum Gasteiger partial charge on any atom is 0.321 e. The van der Waals surface area contributed by atoms with Crippen molar-refractivity contribution in [2.24, 2.45) is 0 Å². The number of carbonyl (C=O) groups excluding carboxylic acids is 1. The van der Waals surface area contributed by atoms with Crippen molar-refractivity contribution in [3.8, 4) is 0 Å². The molecule has 1 saturated heterocycles. The fourth-order valence-corrected chi connectivity index (χ4v) is 2.61. The lowest BCUT2D eigenvalue weighted by molar-refractivity contribution is 0.252. The molecule has 110 valence electrons. The van der Waals surface area contributed by atoms with Crippen LogP contribution in [0.25, 0.3) is 0 Å². The molecule has 0 spiro atoms. The van der Waals surface area contributed by atoms with Gasteiger partial charge >= 0.3 is 6.03 Å². The molecule has 1 aliphatic heterocycles. The van der Waals surface area contributed by atoms with Gasteiger partial charge in [0.05, 0.1) is 6.54 Å². The predicted octanol–water partition coefficient (Wildman–Crippen LogP) is 2.65. The summed E-state index contributed by atoms with van der Waals surface area (Å²) in [4.78, 5) is 13.5. The van der Waals surface area contributed by atoms with Crippen LogP contribution in [-0.4, -0.2) is 23.7 Å². The fourth-order valence-electron chi connectivity index (χ4n) is 2.61. The Morgan fingerprint density at radius 2 is 2.19 bits per heavy atom. The van der Waals surface area contributed by atoms with E-state index in [4.69, 9.17) is 0 Å². The Kier molecular flexibility index (Phi) is 3.81. The topological polar surface area (TPSA) is 49.3 Å². The molecule has 0 atom stereocenters. The van der Waals surface area contributed by atoms with Gasteiger partial charge in [0.25, 0.3) is 0 Å². The molecular weight excluding hydrogens is 264 g/mol. The number of aromatic nitrogens is 1. The summed E-state index contributed by atoms with van der Waals surface area (Å²) in [5.41, 5.74) is 3.21. The first kappa shape index (κ1) is 13.5. The van der Waals surface area contributed by atoms with Crippen LogP contribution in [0.4, 0.5) is 16.2 Å². The molecule has 1 aromatic carbocycles. The van der Waals surface area contributed by atoms with Gasteiger partial charge in [0.1, 0.15) is 0 Å². The van der Waals surface area contributed by atoms with E-state index in [0.29, 0.717) is 6.54 Å². The molecule has 5 heteroatoms. The highest BCUT2D eigenvalue weighted by molar-refractivity contribution is 5.94. The fraction of sp³-hybridized carbons (Fsp3) is 0.312. The van der Waals surface area contributed by atoms with E-state index in [2.05, 4.69) is 40.5 Å². The number of anilines is 2. The number of hydrogen-bond donors (Lipinski definition) is 2. The van der Waals surface area contributed by atoms with Gasteiger partial charge in [0, 0.05) is 42.9 Å². The summed E-state index contributed by atoms with van der Waals surface area (Å²) in [6.45, 7) is 5.31. The van der Waals surface area contributed by atoms with E-state index < -0.39 is 0 Å². The van der Waals surface area contributed by atoms with Crippen LogP contribution in [-0.2, 0) is 13.1 Å². The molecule has 2 N–H and O–H groups in total. The Morgan fingerprint density at radius 3 is 2.95 bits per heavy atom. The van der Waals surface area contributed by atoms with E-state index in [-0.39, 0.29) is 6.03 Å². The molecule has 0 radical (unpaired) electrons. The molecule has 3 rings (SSSR count). The van der Waals surface area contributed by atoms with Gasteiger partial charge in [-0.05, 0) is 37.3 Å². The molecule has 1 aromatic heterocycles. The Bertz CT molecular complexity index is 635. The predicted molar refractivity (Wildman–Crippen MR) is 84.6 cm³/mol. The second kappa shape index (κ2) is 5.91. The van der Waals surface area contributed by atoms with Crippen LogP contribution in [0.15, 0.2) is 42.6 Å². The molecule has 1 aliphatic rings. The molecule has 2 heterocycles. The van der Waals surface area contributed by atoms with Crippen LogP contribution < -0.4 is 15.5 Å². The van der Waals surface area contributed by atoms with Crippen LogP contribution in [0.3, 0.4) is 0 Å². The molecule has 0 aliphatic carbocycles. The van der Waals surface area contributed by atoms with Gasteiger partial charge in [0.15, 0.2) is 0 Å². The molecule has 2 amide bonds. The first-order chi connectivity index (χ1) is 10.3. The quantitative estimate of drug-likeness (QED) is 0.887. The summed E-state index contributed by atoms with van der Waals surface area (Å²) in [6, 6.07) is 12.1. The molecule has 0 saturated carbocycles. The minimum absolute atomic E-state index is 0.0213. The zero-order valence-electron chi connectivity index (χ0n) is 12.2. The van der Waals surface area contributed by atoms with Crippen molar-refractivity contribution < 1.29 is 4.79 Å². The van der Waals surface area contributed by atoms with Crippen LogP contribution in [0, 0.1) is 0 Å². The number of carbonyl (C=O) groups is 1. The number of benzene rings is 1. The number of nitrogens with zero attached hydrogens (tertiary/aromatic N) is 2. The summed E-state index contributed by atoms with van der Waals surface area (Å²) in [5, 5.41) is 6.24. The summed E-state index contributed by atoms with van der Waals surface area (Å²) in [5.74, 6) is 0. The number of amides is 2. The zero-order valence-corrected chi connectivity index (χ0v) is 12.2. The van der Waals surface area contributed by atoms with Crippen LogP contribution in [0.5, 0.6) is 0 Å². The maximum absolute atomic E-state index is 11.7.